The lowest BCUT2D eigenvalue weighted by molar-refractivity contribution is 0.0600. The predicted octanol–water partition coefficient (Wildman–Crippen LogP) is 4.49. The number of nitrogens with zero attached hydrogens (tertiary/aromatic N) is 2. The van der Waals surface area contributed by atoms with Crippen LogP contribution in [0.5, 0.6) is 0 Å². The smallest absolute Gasteiger partial charge is 0.337 e. The van der Waals surface area contributed by atoms with E-state index in [1.165, 1.54) is 29.5 Å². The number of aromatic nitrogens is 1. The second kappa shape index (κ2) is 7.62. The van der Waals surface area contributed by atoms with Gasteiger partial charge in [-0.25, -0.2) is 4.79 Å². The highest BCUT2D eigenvalue weighted by Gasteiger charge is 2.19. The third-order valence-corrected chi connectivity index (χ3v) is 4.99. The molecule has 1 aliphatic heterocycles. The van der Waals surface area contributed by atoms with E-state index in [1.807, 2.05) is 48.8 Å². The van der Waals surface area contributed by atoms with Crippen molar-refractivity contribution in [1.82, 2.24) is 4.98 Å². The number of esters is 1. The molecule has 2 aromatic carbocycles. The maximum absolute atomic E-state index is 11.8. The number of fused-ring (bicyclic) bond motifs is 1. The number of carbonyl (C=O) groups is 1. The molecule has 1 aromatic heterocycles. The summed E-state index contributed by atoms with van der Waals surface area (Å²) in [6.07, 6.45) is 5.90. The van der Waals surface area contributed by atoms with Crippen LogP contribution in [0.4, 0.5) is 5.69 Å². The lowest BCUT2D eigenvalue weighted by Gasteiger charge is -2.31. The molecule has 4 nitrogen and oxygen atoms in total. The monoisotopic (exact) mass is 358 g/mol. The average Bonchev–Trinajstić information content (AvgIpc) is 2.74. The molecule has 4 rings (SSSR count). The standard InChI is InChI=1S/C23H22N2O2/c1-27-23(26)20-9-10-22-19(13-20)8-5-11-25(22)16-17-12-21(15-24-14-17)18-6-3-2-4-7-18/h2-4,6-7,9-10,12-15H,5,8,11,16H2,1H3. The fourth-order valence-electron chi connectivity index (χ4n) is 3.67. The largest absolute Gasteiger partial charge is 0.465 e. The highest BCUT2D eigenvalue weighted by Crippen LogP contribution is 2.30. The van der Waals surface area contributed by atoms with Gasteiger partial charge in [-0.3, -0.25) is 4.98 Å². The number of hydrogen-bond donors (Lipinski definition) is 0. The minimum atomic E-state index is -0.283. The van der Waals surface area contributed by atoms with E-state index in [4.69, 9.17) is 4.74 Å². The number of methoxy groups -OCH3 is 1. The maximum Gasteiger partial charge on any atom is 0.337 e. The van der Waals surface area contributed by atoms with Gasteiger partial charge in [-0.15, -0.1) is 0 Å². The first-order valence-corrected chi connectivity index (χ1v) is 9.20. The summed E-state index contributed by atoms with van der Waals surface area (Å²) in [6, 6.07) is 18.4. The van der Waals surface area contributed by atoms with E-state index in [1.54, 1.807) is 0 Å². The second-order valence-corrected chi connectivity index (χ2v) is 6.81. The Kier molecular flexibility index (Phi) is 4.88. The first-order valence-electron chi connectivity index (χ1n) is 9.20. The first kappa shape index (κ1) is 17.3. The highest BCUT2D eigenvalue weighted by atomic mass is 16.5. The van der Waals surface area contributed by atoms with Crippen LogP contribution in [-0.2, 0) is 17.7 Å². The molecule has 0 amide bonds. The van der Waals surface area contributed by atoms with E-state index < -0.39 is 0 Å². The number of pyridine rings is 1. The fraction of sp³-hybridized carbons (Fsp3) is 0.217. The third kappa shape index (κ3) is 3.70. The topological polar surface area (TPSA) is 42.4 Å². The highest BCUT2D eigenvalue weighted by molar-refractivity contribution is 5.90. The van der Waals surface area contributed by atoms with Crippen molar-refractivity contribution >= 4 is 11.7 Å². The molecular formula is C23H22N2O2. The Morgan fingerprint density at radius 3 is 2.74 bits per heavy atom. The normalized spacial score (nSPS) is 13.1. The van der Waals surface area contributed by atoms with Crippen molar-refractivity contribution in [1.29, 1.82) is 0 Å². The number of benzene rings is 2. The summed E-state index contributed by atoms with van der Waals surface area (Å²) in [4.78, 5) is 18.6. The quantitative estimate of drug-likeness (QED) is 0.645. The van der Waals surface area contributed by atoms with Crippen molar-refractivity contribution in [3.8, 4) is 11.1 Å². The Morgan fingerprint density at radius 1 is 1.07 bits per heavy atom. The fourth-order valence-corrected chi connectivity index (χ4v) is 3.67. The molecule has 0 fully saturated rings. The number of rotatable bonds is 4. The van der Waals surface area contributed by atoms with Gasteiger partial charge in [0.2, 0.25) is 0 Å². The lowest BCUT2D eigenvalue weighted by Crippen LogP contribution is -2.29. The molecule has 0 N–H and O–H groups in total. The Bertz CT molecular complexity index is 954. The number of aryl methyl sites for hydroxylation is 1. The van der Waals surface area contributed by atoms with E-state index >= 15 is 0 Å². The van der Waals surface area contributed by atoms with Gasteiger partial charge in [-0.1, -0.05) is 30.3 Å². The Labute approximate surface area is 159 Å². The summed E-state index contributed by atoms with van der Waals surface area (Å²) in [5.41, 5.74) is 6.50. The van der Waals surface area contributed by atoms with Gasteiger partial charge >= 0.3 is 5.97 Å². The number of anilines is 1. The average molecular weight is 358 g/mol. The lowest BCUT2D eigenvalue weighted by atomic mass is 9.98. The molecule has 0 atom stereocenters. The van der Waals surface area contributed by atoms with Gasteiger partial charge in [0.1, 0.15) is 0 Å². The van der Waals surface area contributed by atoms with Gasteiger partial charge < -0.3 is 9.64 Å². The number of hydrogen-bond acceptors (Lipinski definition) is 4. The summed E-state index contributed by atoms with van der Waals surface area (Å²) in [6.45, 7) is 1.80. The van der Waals surface area contributed by atoms with E-state index in [2.05, 4.69) is 28.1 Å². The van der Waals surface area contributed by atoms with Crippen molar-refractivity contribution in [3.05, 3.63) is 83.7 Å². The zero-order valence-electron chi connectivity index (χ0n) is 15.4. The molecule has 0 bridgehead atoms. The Hall–Kier alpha value is -3.14. The van der Waals surface area contributed by atoms with Crippen LogP contribution in [0.1, 0.15) is 27.9 Å². The Morgan fingerprint density at radius 2 is 1.93 bits per heavy atom. The van der Waals surface area contributed by atoms with E-state index in [9.17, 15) is 4.79 Å². The van der Waals surface area contributed by atoms with Gasteiger partial charge in [0.05, 0.1) is 12.7 Å². The van der Waals surface area contributed by atoms with Crippen molar-refractivity contribution in [2.45, 2.75) is 19.4 Å². The van der Waals surface area contributed by atoms with Crippen LogP contribution in [0, 0.1) is 0 Å². The summed E-state index contributed by atoms with van der Waals surface area (Å²) in [7, 11) is 1.42. The van der Waals surface area contributed by atoms with Crippen LogP contribution >= 0.6 is 0 Å². The van der Waals surface area contributed by atoms with Crippen LogP contribution in [0.2, 0.25) is 0 Å². The van der Waals surface area contributed by atoms with Crippen LogP contribution in [0.25, 0.3) is 11.1 Å². The number of ether oxygens (including phenoxy) is 1. The van der Waals surface area contributed by atoms with E-state index in [-0.39, 0.29) is 5.97 Å². The third-order valence-electron chi connectivity index (χ3n) is 4.99. The van der Waals surface area contributed by atoms with Crippen LogP contribution in [0.15, 0.2) is 67.0 Å². The van der Waals surface area contributed by atoms with Crippen molar-refractivity contribution in [2.24, 2.45) is 0 Å². The minimum absolute atomic E-state index is 0.283. The second-order valence-electron chi connectivity index (χ2n) is 6.81. The molecule has 0 radical (unpaired) electrons. The molecule has 27 heavy (non-hydrogen) atoms. The van der Waals surface area contributed by atoms with Crippen LogP contribution in [0.3, 0.4) is 0 Å². The van der Waals surface area contributed by atoms with Crippen molar-refractivity contribution in [2.75, 3.05) is 18.6 Å². The molecule has 136 valence electrons. The van der Waals surface area contributed by atoms with Crippen LogP contribution < -0.4 is 4.90 Å². The molecule has 4 heteroatoms. The SMILES string of the molecule is COC(=O)c1ccc2c(c1)CCCN2Cc1cncc(-c2ccccc2)c1. The molecule has 2 heterocycles. The summed E-state index contributed by atoms with van der Waals surface area (Å²) < 4.78 is 4.84. The minimum Gasteiger partial charge on any atom is -0.465 e. The summed E-state index contributed by atoms with van der Waals surface area (Å²) in [5.74, 6) is -0.283. The van der Waals surface area contributed by atoms with Crippen molar-refractivity contribution < 1.29 is 9.53 Å². The first-order chi connectivity index (χ1) is 13.2. The van der Waals surface area contributed by atoms with Gasteiger partial charge in [-0.2, -0.15) is 0 Å². The molecule has 0 aliphatic carbocycles. The molecule has 0 saturated carbocycles. The molecule has 0 saturated heterocycles. The molecule has 1 aliphatic rings. The van der Waals surface area contributed by atoms with Gasteiger partial charge in [0, 0.05) is 36.7 Å². The zero-order chi connectivity index (χ0) is 18.6. The van der Waals surface area contributed by atoms with Crippen molar-refractivity contribution in [3.63, 3.8) is 0 Å². The molecule has 3 aromatic rings. The number of carbonyl (C=O) groups excluding carboxylic acids is 1. The summed E-state index contributed by atoms with van der Waals surface area (Å²) in [5, 5.41) is 0. The molecular weight excluding hydrogens is 336 g/mol. The molecule has 0 unspecified atom stereocenters. The maximum atomic E-state index is 11.8. The molecule has 0 spiro atoms. The predicted molar refractivity (Wildman–Crippen MR) is 107 cm³/mol. The van der Waals surface area contributed by atoms with Gasteiger partial charge in [0.25, 0.3) is 0 Å². The van der Waals surface area contributed by atoms with Gasteiger partial charge in [-0.05, 0) is 53.8 Å². The summed E-state index contributed by atoms with van der Waals surface area (Å²) >= 11 is 0. The van der Waals surface area contributed by atoms with Gasteiger partial charge in [0.15, 0.2) is 0 Å². The zero-order valence-corrected chi connectivity index (χ0v) is 15.4. The Balaban J connectivity index is 1.59. The van der Waals surface area contributed by atoms with E-state index in [0.29, 0.717) is 5.56 Å². The van der Waals surface area contributed by atoms with E-state index in [0.717, 1.165) is 31.5 Å². The van der Waals surface area contributed by atoms with Crippen LogP contribution in [-0.4, -0.2) is 24.6 Å².